The maximum absolute atomic E-state index is 3.72. The number of rotatable bonds is 5. The van der Waals surface area contributed by atoms with Gasteiger partial charge in [0.1, 0.15) is 0 Å². The average molecular weight is 264 g/mol. The van der Waals surface area contributed by atoms with Gasteiger partial charge < -0.3 is 10.2 Å². The first-order valence-electron chi connectivity index (χ1n) is 6.95. The molecular weight excluding hydrogens is 240 g/mol. The first kappa shape index (κ1) is 13.8. The van der Waals surface area contributed by atoms with E-state index in [-0.39, 0.29) is 0 Å². The maximum atomic E-state index is 3.72. The fourth-order valence-corrected chi connectivity index (χ4v) is 3.16. The van der Waals surface area contributed by atoms with E-state index in [2.05, 4.69) is 47.7 Å². The lowest BCUT2D eigenvalue weighted by Crippen LogP contribution is -2.39. The van der Waals surface area contributed by atoms with Crippen LogP contribution in [0.1, 0.15) is 26.2 Å². The van der Waals surface area contributed by atoms with Crippen molar-refractivity contribution in [1.82, 2.24) is 4.90 Å². The second-order valence-electron chi connectivity index (χ2n) is 4.96. The lowest BCUT2D eigenvalue weighted by Gasteiger charge is -2.33. The van der Waals surface area contributed by atoms with Crippen LogP contribution in [-0.2, 0) is 0 Å². The maximum Gasteiger partial charge on any atom is 0.0480 e. The highest BCUT2D eigenvalue weighted by atomic mass is 32.2. The second kappa shape index (κ2) is 7.05. The monoisotopic (exact) mass is 264 g/mol. The zero-order chi connectivity index (χ0) is 12.8. The Kier molecular flexibility index (Phi) is 5.39. The van der Waals surface area contributed by atoms with E-state index >= 15 is 0 Å². The van der Waals surface area contributed by atoms with Crippen LogP contribution in [0.25, 0.3) is 0 Å². The van der Waals surface area contributed by atoms with Crippen molar-refractivity contribution in [2.45, 2.75) is 37.1 Å². The van der Waals surface area contributed by atoms with E-state index in [1.807, 2.05) is 11.8 Å². The Morgan fingerprint density at radius 1 is 1.28 bits per heavy atom. The molecule has 1 heterocycles. The van der Waals surface area contributed by atoms with Gasteiger partial charge in [0, 0.05) is 29.7 Å². The van der Waals surface area contributed by atoms with Crippen LogP contribution in [0.15, 0.2) is 29.2 Å². The van der Waals surface area contributed by atoms with Crippen molar-refractivity contribution in [3.8, 4) is 0 Å². The van der Waals surface area contributed by atoms with Crippen molar-refractivity contribution >= 4 is 17.4 Å². The number of hydrogen-bond acceptors (Lipinski definition) is 3. The van der Waals surface area contributed by atoms with Crippen molar-refractivity contribution in [2.75, 3.05) is 31.2 Å². The third-order valence-corrected chi connectivity index (χ3v) is 4.39. The molecule has 0 aliphatic carbocycles. The summed E-state index contributed by atoms with van der Waals surface area (Å²) in [5.74, 6) is 0. The van der Waals surface area contributed by atoms with E-state index in [4.69, 9.17) is 0 Å². The molecule has 2 rings (SSSR count). The van der Waals surface area contributed by atoms with Gasteiger partial charge in [0.05, 0.1) is 0 Å². The number of hydrogen-bond donors (Lipinski definition) is 1. The van der Waals surface area contributed by atoms with Crippen LogP contribution < -0.4 is 5.32 Å². The molecule has 1 aliphatic rings. The first-order chi connectivity index (χ1) is 8.83. The van der Waals surface area contributed by atoms with Crippen LogP contribution >= 0.6 is 11.8 Å². The number of thioether (sulfide) groups is 1. The van der Waals surface area contributed by atoms with Gasteiger partial charge in [-0.05, 0) is 44.2 Å². The minimum Gasteiger partial charge on any atom is -0.381 e. The molecule has 0 atom stereocenters. The number of likely N-dealkylation sites (tertiary alicyclic amines) is 1. The number of anilines is 1. The van der Waals surface area contributed by atoms with Crippen LogP contribution in [0.3, 0.4) is 0 Å². The van der Waals surface area contributed by atoms with Gasteiger partial charge in [0.15, 0.2) is 0 Å². The van der Waals surface area contributed by atoms with Gasteiger partial charge in [0.2, 0.25) is 0 Å². The summed E-state index contributed by atoms with van der Waals surface area (Å²) in [6.45, 7) is 6.01. The predicted molar refractivity (Wildman–Crippen MR) is 81.6 cm³/mol. The first-order valence-corrected chi connectivity index (χ1v) is 8.18. The Balaban J connectivity index is 1.87. The molecular formula is C15H24N2S. The Morgan fingerprint density at radius 2 is 2.00 bits per heavy atom. The van der Waals surface area contributed by atoms with E-state index in [1.165, 1.54) is 49.5 Å². The largest absolute Gasteiger partial charge is 0.381 e. The fraction of sp³-hybridized carbons (Fsp3) is 0.600. The zero-order valence-corrected chi connectivity index (χ0v) is 12.3. The summed E-state index contributed by atoms with van der Waals surface area (Å²) in [6.07, 6.45) is 5.95. The minimum atomic E-state index is 0.645. The number of benzene rings is 1. The molecule has 1 saturated heterocycles. The smallest absolute Gasteiger partial charge is 0.0480 e. The quantitative estimate of drug-likeness (QED) is 0.817. The van der Waals surface area contributed by atoms with E-state index in [1.54, 1.807) is 0 Å². The van der Waals surface area contributed by atoms with Gasteiger partial charge in [0.25, 0.3) is 0 Å². The highest BCUT2D eigenvalue weighted by molar-refractivity contribution is 7.98. The van der Waals surface area contributed by atoms with Crippen molar-refractivity contribution in [2.24, 2.45) is 0 Å². The molecule has 0 aromatic heterocycles. The van der Waals surface area contributed by atoms with Gasteiger partial charge >= 0.3 is 0 Å². The normalized spacial score (nSPS) is 17.9. The van der Waals surface area contributed by atoms with Crippen LogP contribution in [0, 0.1) is 0 Å². The summed E-state index contributed by atoms with van der Waals surface area (Å²) in [5, 5.41) is 3.72. The number of nitrogens with zero attached hydrogens (tertiary/aromatic N) is 1. The van der Waals surface area contributed by atoms with Crippen LogP contribution in [0.4, 0.5) is 5.69 Å². The van der Waals surface area contributed by atoms with Crippen molar-refractivity contribution < 1.29 is 0 Å². The minimum absolute atomic E-state index is 0.645. The molecule has 1 fully saturated rings. The van der Waals surface area contributed by atoms with E-state index < -0.39 is 0 Å². The van der Waals surface area contributed by atoms with E-state index in [0.29, 0.717) is 6.04 Å². The van der Waals surface area contributed by atoms with Crippen LogP contribution in [0.5, 0.6) is 0 Å². The van der Waals surface area contributed by atoms with Crippen LogP contribution in [0.2, 0.25) is 0 Å². The number of para-hydroxylation sites is 1. The molecule has 1 aliphatic heterocycles. The summed E-state index contributed by atoms with van der Waals surface area (Å²) in [7, 11) is 0. The SMILES string of the molecule is CCCN1CCC(Nc2ccccc2SC)CC1. The predicted octanol–water partition coefficient (Wildman–Crippen LogP) is 3.69. The molecule has 100 valence electrons. The third-order valence-electron chi connectivity index (χ3n) is 3.59. The Labute approximate surface area is 115 Å². The lowest BCUT2D eigenvalue weighted by atomic mass is 10.0. The second-order valence-corrected chi connectivity index (χ2v) is 5.81. The van der Waals surface area contributed by atoms with Gasteiger partial charge in [-0.1, -0.05) is 19.1 Å². The molecule has 1 aromatic carbocycles. The van der Waals surface area contributed by atoms with E-state index in [9.17, 15) is 0 Å². The van der Waals surface area contributed by atoms with Gasteiger partial charge in [-0.2, -0.15) is 0 Å². The highest BCUT2D eigenvalue weighted by Gasteiger charge is 2.18. The summed E-state index contributed by atoms with van der Waals surface area (Å²) in [6, 6.07) is 9.27. The van der Waals surface area contributed by atoms with E-state index in [0.717, 1.165) is 0 Å². The van der Waals surface area contributed by atoms with Crippen molar-refractivity contribution in [3.05, 3.63) is 24.3 Å². The lowest BCUT2D eigenvalue weighted by molar-refractivity contribution is 0.219. The molecule has 0 bridgehead atoms. The topological polar surface area (TPSA) is 15.3 Å². The molecule has 0 saturated carbocycles. The Morgan fingerprint density at radius 3 is 2.67 bits per heavy atom. The average Bonchev–Trinajstić information content (AvgIpc) is 2.42. The summed E-state index contributed by atoms with van der Waals surface area (Å²) >= 11 is 1.82. The zero-order valence-electron chi connectivity index (χ0n) is 11.5. The number of nitrogens with one attached hydrogen (secondary N) is 1. The molecule has 1 N–H and O–H groups in total. The highest BCUT2D eigenvalue weighted by Crippen LogP contribution is 2.26. The van der Waals surface area contributed by atoms with Crippen LogP contribution in [-0.4, -0.2) is 36.8 Å². The van der Waals surface area contributed by atoms with Crippen molar-refractivity contribution in [1.29, 1.82) is 0 Å². The van der Waals surface area contributed by atoms with Gasteiger partial charge in [-0.3, -0.25) is 0 Å². The molecule has 0 amide bonds. The molecule has 3 heteroatoms. The number of piperidine rings is 1. The Bertz CT molecular complexity index is 359. The molecule has 0 radical (unpaired) electrons. The molecule has 0 unspecified atom stereocenters. The van der Waals surface area contributed by atoms with Gasteiger partial charge in [-0.25, -0.2) is 0 Å². The standard InChI is InChI=1S/C15H24N2S/c1-3-10-17-11-8-13(9-12-17)16-14-6-4-5-7-15(14)18-2/h4-7,13,16H,3,8-12H2,1-2H3. The molecule has 18 heavy (non-hydrogen) atoms. The summed E-state index contributed by atoms with van der Waals surface area (Å²) < 4.78 is 0. The molecule has 0 spiro atoms. The summed E-state index contributed by atoms with van der Waals surface area (Å²) in [5.41, 5.74) is 1.30. The molecule has 2 nitrogen and oxygen atoms in total. The molecule has 1 aromatic rings. The van der Waals surface area contributed by atoms with Gasteiger partial charge in [-0.15, -0.1) is 11.8 Å². The fourth-order valence-electron chi connectivity index (χ4n) is 2.60. The summed E-state index contributed by atoms with van der Waals surface area (Å²) in [4.78, 5) is 3.94. The Hall–Kier alpha value is -0.670. The third kappa shape index (κ3) is 3.66. The van der Waals surface area contributed by atoms with Crippen molar-refractivity contribution in [3.63, 3.8) is 0 Å².